The first kappa shape index (κ1) is 17.9. The number of hydrogen-bond acceptors (Lipinski definition) is 5. The Labute approximate surface area is 140 Å². The fourth-order valence-corrected chi connectivity index (χ4v) is 2.71. The third-order valence-electron chi connectivity index (χ3n) is 4.19. The Morgan fingerprint density at radius 3 is 2.62 bits per heavy atom. The van der Waals surface area contributed by atoms with Gasteiger partial charge in [0.05, 0.1) is 13.2 Å². The van der Waals surface area contributed by atoms with Crippen LogP contribution in [0.1, 0.15) is 34.1 Å². The molecule has 1 aliphatic rings. The van der Waals surface area contributed by atoms with Crippen molar-refractivity contribution in [3.05, 3.63) is 35.4 Å². The summed E-state index contributed by atoms with van der Waals surface area (Å²) in [7, 11) is 2.93. The van der Waals surface area contributed by atoms with E-state index in [1.54, 1.807) is 30.1 Å². The van der Waals surface area contributed by atoms with E-state index >= 15 is 0 Å². The fourth-order valence-electron chi connectivity index (χ4n) is 2.71. The number of benzene rings is 1. The minimum Gasteiger partial charge on any atom is -0.467 e. The van der Waals surface area contributed by atoms with Crippen LogP contribution in [0.15, 0.2) is 24.3 Å². The van der Waals surface area contributed by atoms with Gasteiger partial charge >= 0.3 is 5.97 Å². The quantitative estimate of drug-likeness (QED) is 0.812. The number of aliphatic hydroxyl groups excluding tert-OH is 1. The average molecular weight is 334 g/mol. The second kappa shape index (κ2) is 7.44. The van der Waals surface area contributed by atoms with E-state index in [2.05, 4.69) is 0 Å². The van der Waals surface area contributed by atoms with Gasteiger partial charge in [0.25, 0.3) is 11.8 Å². The molecule has 0 aromatic heterocycles. The molecule has 1 aromatic rings. The summed E-state index contributed by atoms with van der Waals surface area (Å²) in [5.41, 5.74) is 0.702. The first-order chi connectivity index (χ1) is 11.4. The molecule has 1 saturated heterocycles. The number of hydrogen-bond donors (Lipinski definition) is 1. The van der Waals surface area contributed by atoms with Crippen molar-refractivity contribution in [2.45, 2.75) is 25.5 Å². The van der Waals surface area contributed by atoms with Gasteiger partial charge in [0.15, 0.2) is 0 Å². The fraction of sp³-hybridized carbons (Fsp3) is 0.471. The van der Waals surface area contributed by atoms with Crippen molar-refractivity contribution in [2.75, 3.05) is 27.2 Å². The largest absolute Gasteiger partial charge is 0.467 e. The first-order valence-corrected chi connectivity index (χ1v) is 7.81. The molecule has 2 atom stereocenters. The topological polar surface area (TPSA) is 87.2 Å². The monoisotopic (exact) mass is 334 g/mol. The summed E-state index contributed by atoms with van der Waals surface area (Å²) < 4.78 is 4.70. The van der Waals surface area contributed by atoms with Crippen LogP contribution in [0.3, 0.4) is 0 Å². The van der Waals surface area contributed by atoms with E-state index in [4.69, 9.17) is 4.74 Å². The van der Waals surface area contributed by atoms with Gasteiger partial charge in [0, 0.05) is 37.7 Å². The number of carbonyl (C=O) groups is 3. The second-order valence-electron chi connectivity index (χ2n) is 5.79. The van der Waals surface area contributed by atoms with Crippen LogP contribution >= 0.6 is 0 Å². The number of ether oxygens (including phenoxy) is 1. The molecule has 1 N–H and O–H groups in total. The Bertz CT molecular complexity index is 646. The van der Waals surface area contributed by atoms with Crippen molar-refractivity contribution >= 4 is 17.8 Å². The molecule has 0 saturated carbocycles. The predicted octanol–water partition coefficient (Wildman–Crippen LogP) is 0.527. The van der Waals surface area contributed by atoms with Gasteiger partial charge in [-0.1, -0.05) is 6.07 Å². The van der Waals surface area contributed by atoms with Crippen molar-refractivity contribution < 1.29 is 24.2 Å². The molecule has 1 heterocycles. The molecule has 1 aliphatic heterocycles. The van der Waals surface area contributed by atoms with E-state index in [0.29, 0.717) is 17.7 Å². The maximum atomic E-state index is 12.7. The molecular formula is C17H22N2O5. The van der Waals surface area contributed by atoms with E-state index < -0.39 is 24.0 Å². The van der Waals surface area contributed by atoms with Crippen molar-refractivity contribution in [3.63, 3.8) is 0 Å². The van der Waals surface area contributed by atoms with E-state index in [0.717, 1.165) is 0 Å². The molecule has 1 aromatic carbocycles. The molecular weight excluding hydrogens is 312 g/mol. The number of methoxy groups -OCH3 is 1. The highest BCUT2D eigenvalue weighted by Crippen LogP contribution is 2.22. The van der Waals surface area contributed by atoms with Gasteiger partial charge in [-0.15, -0.1) is 0 Å². The third kappa shape index (κ3) is 3.56. The zero-order valence-corrected chi connectivity index (χ0v) is 14.1. The number of aliphatic hydroxyl groups is 1. The van der Waals surface area contributed by atoms with Gasteiger partial charge in [-0.2, -0.15) is 0 Å². The summed E-state index contributed by atoms with van der Waals surface area (Å²) in [6.45, 7) is 2.48. The van der Waals surface area contributed by atoms with Crippen LogP contribution in [-0.4, -0.2) is 72.1 Å². The van der Waals surface area contributed by atoms with Gasteiger partial charge < -0.3 is 19.6 Å². The van der Waals surface area contributed by atoms with Crippen LogP contribution < -0.4 is 0 Å². The molecule has 1 fully saturated rings. The smallest absolute Gasteiger partial charge is 0.328 e. The van der Waals surface area contributed by atoms with Gasteiger partial charge in [0.1, 0.15) is 6.04 Å². The highest BCUT2D eigenvalue weighted by atomic mass is 16.5. The highest BCUT2D eigenvalue weighted by molar-refractivity contribution is 6.01. The Balaban J connectivity index is 2.26. The van der Waals surface area contributed by atoms with Crippen molar-refractivity contribution in [3.8, 4) is 0 Å². The number of amides is 2. The summed E-state index contributed by atoms with van der Waals surface area (Å²) in [5.74, 6) is -1.15. The SMILES string of the molecule is CCN(C)C(=O)c1cccc(C(=O)N2C[C@@H](O)C[C@H]2C(=O)OC)c1. The standard InChI is InChI=1S/C17H22N2O5/c1-4-18(2)15(21)11-6-5-7-12(8-11)16(22)19-10-13(20)9-14(19)17(23)24-3/h5-8,13-14,20H,4,9-10H2,1-3H3/t13-,14-/m0/s1. The van der Waals surface area contributed by atoms with Crippen molar-refractivity contribution in [1.29, 1.82) is 0 Å². The molecule has 130 valence electrons. The zero-order valence-electron chi connectivity index (χ0n) is 14.1. The lowest BCUT2D eigenvalue weighted by Crippen LogP contribution is -2.41. The summed E-state index contributed by atoms with van der Waals surface area (Å²) in [6.07, 6.45) is -0.621. The molecule has 0 radical (unpaired) electrons. The average Bonchev–Trinajstić information content (AvgIpc) is 3.00. The number of likely N-dealkylation sites (tertiary alicyclic amines) is 1. The number of carbonyl (C=O) groups excluding carboxylic acids is 3. The maximum absolute atomic E-state index is 12.7. The second-order valence-corrected chi connectivity index (χ2v) is 5.79. The summed E-state index contributed by atoms with van der Waals surface area (Å²) in [5, 5.41) is 9.80. The lowest BCUT2D eigenvalue weighted by Gasteiger charge is -2.22. The normalized spacial score (nSPS) is 19.9. The minimum absolute atomic E-state index is 0.0611. The summed E-state index contributed by atoms with van der Waals surface area (Å²) in [4.78, 5) is 39.6. The van der Waals surface area contributed by atoms with Crippen LogP contribution in [0.5, 0.6) is 0 Å². The summed E-state index contributed by atoms with van der Waals surface area (Å²) in [6, 6.07) is 5.56. The minimum atomic E-state index is -0.810. The van der Waals surface area contributed by atoms with E-state index in [9.17, 15) is 19.5 Å². The molecule has 0 unspecified atom stereocenters. The molecule has 2 amide bonds. The van der Waals surface area contributed by atoms with Gasteiger partial charge in [0.2, 0.25) is 0 Å². The third-order valence-corrected chi connectivity index (χ3v) is 4.19. The Morgan fingerprint density at radius 2 is 2.00 bits per heavy atom. The first-order valence-electron chi connectivity index (χ1n) is 7.81. The van der Waals surface area contributed by atoms with Gasteiger partial charge in [-0.05, 0) is 25.1 Å². The van der Waals surface area contributed by atoms with E-state index in [1.807, 2.05) is 6.92 Å². The van der Waals surface area contributed by atoms with Crippen LogP contribution in [0.25, 0.3) is 0 Å². The molecule has 0 spiro atoms. The van der Waals surface area contributed by atoms with Crippen molar-refractivity contribution in [2.24, 2.45) is 0 Å². The Hall–Kier alpha value is -2.41. The molecule has 24 heavy (non-hydrogen) atoms. The van der Waals surface area contributed by atoms with Gasteiger partial charge in [-0.3, -0.25) is 9.59 Å². The molecule has 7 heteroatoms. The van der Waals surface area contributed by atoms with Crippen LogP contribution in [-0.2, 0) is 9.53 Å². The lowest BCUT2D eigenvalue weighted by atomic mass is 10.1. The molecule has 0 bridgehead atoms. The molecule has 0 aliphatic carbocycles. The Morgan fingerprint density at radius 1 is 1.33 bits per heavy atom. The van der Waals surface area contributed by atoms with Crippen LogP contribution in [0, 0.1) is 0 Å². The predicted molar refractivity (Wildman–Crippen MR) is 86.5 cm³/mol. The number of nitrogens with zero attached hydrogens (tertiary/aromatic N) is 2. The van der Waals surface area contributed by atoms with Crippen LogP contribution in [0.4, 0.5) is 0 Å². The van der Waals surface area contributed by atoms with E-state index in [1.165, 1.54) is 18.1 Å². The molecule has 7 nitrogen and oxygen atoms in total. The number of esters is 1. The molecule has 2 rings (SSSR count). The van der Waals surface area contributed by atoms with Crippen molar-refractivity contribution in [1.82, 2.24) is 9.80 Å². The Kier molecular flexibility index (Phi) is 5.56. The lowest BCUT2D eigenvalue weighted by molar-refractivity contribution is -0.145. The van der Waals surface area contributed by atoms with Gasteiger partial charge in [-0.25, -0.2) is 4.79 Å². The van der Waals surface area contributed by atoms with Crippen LogP contribution in [0.2, 0.25) is 0 Å². The summed E-state index contributed by atoms with van der Waals surface area (Å²) >= 11 is 0. The maximum Gasteiger partial charge on any atom is 0.328 e. The number of rotatable bonds is 4. The number of β-amino-alcohol motifs (C(OH)–C–C–N with tert-alkyl or cyclic N) is 1. The highest BCUT2D eigenvalue weighted by Gasteiger charge is 2.40. The van der Waals surface area contributed by atoms with E-state index in [-0.39, 0.29) is 18.9 Å². The zero-order chi connectivity index (χ0) is 17.9.